The standard InChI is InChI=1S/C21H23N5O2S/c1-15-5-2-3-7-18(15)26-20(16-8-10-22-11-9-16)24-25-21(26)29-14-19(27)23-13-17-6-4-12-28-17/h2-3,5,7-11,17H,4,6,12-14H2,1H3,(H,23,27)/t17-/m1/s1. The molecule has 0 bridgehead atoms. The second kappa shape index (κ2) is 9.19. The number of rotatable bonds is 7. The average Bonchev–Trinajstić information content (AvgIpc) is 3.42. The molecule has 0 unspecified atom stereocenters. The van der Waals surface area contributed by atoms with Crippen LogP contribution < -0.4 is 5.32 Å². The summed E-state index contributed by atoms with van der Waals surface area (Å²) in [5, 5.41) is 12.4. The molecule has 0 radical (unpaired) electrons. The first-order chi connectivity index (χ1) is 14.2. The van der Waals surface area contributed by atoms with Crippen LogP contribution in [-0.2, 0) is 9.53 Å². The molecule has 8 heteroatoms. The van der Waals surface area contributed by atoms with Gasteiger partial charge >= 0.3 is 0 Å². The summed E-state index contributed by atoms with van der Waals surface area (Å²) in [6.07, 6.45) is 5.67. The summed E-state index contributed by atoms with van der Waals surface area (Å²) in [4.78, 5) is 16.4. The van der Waals surface area contributed by atoms with E-state index in [1.165, 1.54) is 11.8 Å². The highest BCUT2D eigenvalue weighted by molar-refractivity contribution is 7.99. The molecule has 1 fully saturated rings. The van der Waals surface area contributed by atoms with E-state index in [0.29, 0.717) is 11.7 Å². The van der Waals surface area contributed by atoms with E-state index in [2.05, 4.69) is 33.5 Å². The van der Waals surface area contributed by atoms with Crippen molar-refractivity contribution >= 4 is 17.7 Å². The SMILES string of the molecule is Cc1ccccc1-n1c(SCC(=O)NC[C@H]2CCCO2)nnc1-c1ccncc1. The van der Waals surface area contributed by atoms with Crippen molar-refractivity contribution in [3.05, 3.63) is 54.4 Å². The van der Waals surface area contributed by atoms with Gasteiger partial charge in [0.15, 0.2) is 11.0 Å². The molecule has 1 N–H and O–H groups in total. The fourth-order valence-corrected chi connectivity index (χ4v) is 4.07. The fourth-order valence-electron chi connectivity index (χ4n) is 3.30. The highest BCUT2D eigenvalue weighted by atomic mass is 32.2. The predicted octanol–water partition coefficient (Wildman–Crippen LogP) is 3.03. The van der Waals surface area contributed by atoms with Gasteiger partial charge in [-0.25, -0.2) is 0 Å². The van der Waals surface area contributed by atoms with E-state index in [0.717, 1.165) is 42.1 Å². The Bertz CT molecular complexity index is 970. The number of nitrogens with zero attached hydrogens (tertiary/aromatic N) is 4. The maximum atomic E-state index is 12.3. The monoisotopic (exact) mass is 409 g/mol. The number of hydrogen-bond donors (Lipinski definition) is 1. The van der Waals surface area contributed by atoms with Crippen molar-refractivity contribution in [2.45, 2.75) is 31.0 Å². The van der Waals surface area contributed by atoms with Gasteiger partial charge < -0.3 is 10.1 Å². The fraction of sp³-hybridized carbons (Fsp3) is 0.333. The Labute approximate surface area is 173 Å². The molecule has 0 saturated carbocycles. The average molecular weight is 410 g/mol. The van der Waals surface area contributed by atoms with Crippen LogP contribution in [0.2, 0.25) is 0 Å². The van der Waals surface area contributed by atoms with E-state index in [9.17, 15) is 4.79 Å². The highest BCUT2D eigenvalue weighted by Crippen LogP contribution is 2.29. The van der Waals surface area contributed by atoms with E-state index in [1.807, 2.05) is 34.9 Å². The normalized spacial score (nSPS) is 16.1. The lowest BCUT2D eigenvalue weighted by molar-refractivity contribution is -0.119. The first-order valence-electron chi connectivity index (χ1n) is 9.65. The number of hydrogen-bond acceptors (Lipinski definition) is 6. The Morgan fingerprint density at radius 3 is 2.83 bits per heavy atom. The van der Waals surface area contributed by atoms with Crippen LogP contribution in [0.4, 0.5) is 0 Å². The number of benzene rings is 1. The zero-order valence-corrected chi connectivity index (χ0v) is 17.1. The maximum Gasteiger partial charge on any atom is 0.230 e. The molecule has 1 aliphatic rings. The second-order valence-electron chi connectivity index (χ2n) is 6.89. The summed E-state index contributed by atoms with van der Waals surface area (Å²) in [7, 11) is 0. The molecule has 150 valence electrons. The summed E-state index contributed by atoms with van der Waals surface area (Å²) in [6.45, 7) is 3.40. The molecule has 3 heterocycles. The number of aryl methyl sites for hydroxylation is 1. The lowest BCUT2D eigenvalue weighted by Gasteiger charge is -2.13. The third-order valence-electron chi connectivity index (χ3n) is 4.81. The van der Waals surface area contributed by atoms with Crippen molar-refractivity contribution < 1.29 is 9.53 Å². The molecule has 0 aliphatic carbocycles. The molecule has 2 aromatic heterocycles. The van der Waals surface area contributed by atoms with Gasteiger partial charge in [-0.2, -0.15) is 0 Å². The van der Waals surface area contributed by atoms with E-state index in [-0.39, 0.29) is 17.8 Å². The Kier molecular flexibility index (Phi) is 6.21. The molecule has 4 rings (SSSR count). The largest absolute Gasteiger partial charge is 0.376 e. The summed E-state index contributed by atoms with van der Waals surface area (Å²) < 4.78 is 7.56. The van der Waals surface area contributed by atoms with Crippen LogP contribution in [0.25, 0.3) is 17.1 Å². The molecule has 29 heavy (non-hydrogen) atoms. The van der Waals surface area contributed by atoms with Crippen LogP contribution in [0.3, 0.4) is 0 Å². The molecule has 1 aliphatic heterocycles. The van der Waals surface area contributed by atoms with Crippen molar-refractivity contribution in [2.24, 2.45) is 0 Å². The van der Waals surface area contributed by atoms with Crippen molar-refractivity contribution in [1.29, 1.82) is 0 Å². The molecule has 3 aromatic rings. The Balaban J connectivity index is 1.54. The maximum absolute atomic E-state index is 12.3. The number of amides is 1. The Morgan fingerprint density at radius 2 is 2.07 bits per heavy atom. The number of carbonyl (C=O) groups excluding carboxylic acids is 1. The van der Waals surface area contributed by atoms with E-state index in [4.69, 9.17) is 4.74 Å². The number of aromatic nitrogens is 4. The molecular weight excluding hydrogens is 386 g/mol. The summed E-state index contributed by atoms with van der Waals surface area (Å²) in [5.74, 6) is 0.965. The van der Waals surface area contributed by atoms with Crippen LogP contribution in [0.1, 0.15) is 18.4 Å². The molecular formula is C21H23N5O2S. The minimum atomic E-state index is -0.0321. The number of carbonyl (C=O) groups is 1. The van der Waals surface area contributed by atoms with Crippen LogP contribution in [0.15, 0.2) is 53.9 Å². The smallest absolute Gasteiger partial charge is 0.230 e. The van der Waals surface area contributed by atoms with Crippen molar-refractivity contribution in [3.63, 3.8) is 0 Å². The molecule has 1 atom stereocenters. The second-order valence-corrected chi connectivity index (χ2v) is 7.83. The lowest BCUT2D eigenvalue weighted by atomic mass is 10.2. The van der Waals surface area contributed by atoms with Gasteiger partial charge in [0.1, 0.15) is 0 Å². The first kappa shape index (κ1) is 19.6. The van der Waals surface area contributed by atoms with E-state index < -0.39 is 0 Å². The minimum Gasteiger partial charge on any atom is -0.376 e. The van der Waals surface area contributed by atoms with Crippen LogP contribution in [-0.4, -0.2) is 50.7 Å². The van der Waals surface area contributed by atoms with Gasteiger partial charge in [-0.1, -0.05) is 30.0 Å². The number of nitrogens with one attached hydrogen (secondary N) is 1. The highest BCUT2D eigenvalue weighted by Gasteiger charge is 2.19. The van der Waals surface area contributed by atoms with Gasteiger partial charge in [-0.3, -0.25) is 14.3 Å². The molecule has 1 saturated heterocycles. The number of pyridine rings is 1. The quantitative estimate of drug-likeness (QED) is 0.604. The Hall–Kier alpha value is -2.71. The zero-order chi connectivity index (χ0) is 20.1. The van der Waals surface area contributed by atoms with Gasteiger partial charge in [-0.05, 0) is 43.5 Å². The number of para-hydroxylation sites is 1. The molecule has 7 nitrogen and oxygen atoms in total. The van der Waals surface area contributed by atoms with Gasteiger partial charge in [-0.15, -0.1) is 10.2 Å². The third kappa shape index (κ3) is 4.65. The molecule has 1 aromatic carbocycles. The Morgan fingerprint density at radius 1 is 1.24 bits per heavy atom. The predicted molar refractivity (Wildman–Crippen MR) is 112 cm³/mol. The molecule has 0 spiro atoms. The molecule has 1 amide bonds. The summed E-state index contributed by atoms with van der Waals surface area (Å²) >= 11 is 1.38. The topological polar surface area (TPSA) is 81.9 Å². The van der Waals surface area contributed by atoms with Crippen LogP contribution in [0, 0.1) is 6.92 Å². The van der Waals surface area contributed by atoms with E-state index >= 15 is 0 Å². The minimum absolute atomic E-state index is 0.0321. The van der Waals surface area contributed by atoms with Gasteiger partial charge in [0.2, 0.25) is 5.91 Å². The van der Waals surface area contributed by atoms with Gasteiger partial charge in [0.25, 0.3) is 0 Å². The first-order valence-corrected chi connectivity index (χ1v) is 10.6. The zero-order valence-electron chi connectivity index (χ0n) is 16.2. The van der Waals surface area contributed by atoms with Crippen molar-refractivity contribution in [2.75, 3.05) is 18.9 Å². The number of ether oxygens (including phenoxy) is 1. The van der Waals surface area contributed by atoms with E-state index in [1.54, 1.807) is 12.4 Å². The lowest BCUT2D eigenvalue weighted by Crippen LogP contribution is -2.32. The summed E-state index contributed by atoms with van der Waals surface area (Å²) in [6, 6.07) is 11.9. The van der Waals surface area contributed by atoms with Crippen LogP contribution >= 0.6 is 11.8 Å². The van der Waals surface area contributed by atoms with Gasteiger partial charge in [0, 0.05) is 31.1 Å². The van der Waals surface area contributed by atoms with Gasteiger partial charge in [0.05, 0.1) is 17.5 Å². The third-order valence-corrected chi connectivity index (χ3v) is 5.74. The summed E-state index contributed by atoms with van der Waals surface area (Å²) in [5.41, 5.74) is 3.02. The van der Waals surface area contributed by atoms with Crippen molar-refractivity contribution in [3.8, 4) is 17.1 Å². The van der Waals surface area contributed by atoms with Crippen molar-refractivity contribution in [1.82, 2.24) is 25.1 Å². The van der Waals surface area contributed by atoms with Crippen LogP contribution in [0.5, 0.6) is 0 Å². The number of thioether (sulfide) groups is 1.